The Morgan fingerprint density at radius 1 is 0.419 bits per heavy atom. The monoisotopic (exact) mass is 987 g/mol. The molecule has 22 heteroatoms. The number of aliphatic imine (C=N–C) groups is 4. The van der Waals surface area contributed by atoms with Gasteiger partial charge in [-0.1, -0.05) is 71.5 Å². The van der Waals surface area contributed by atoms with Crippen molar-refractivity contribution in [2.24, 2.45) is 20.0 Å². The van der Waals surface area contributed by atoms with Gasteiger partial charge in [-0.2, -0.15) is 0 Å². The van der Waals surface area contributed by atoms with Crippen LogP contribution in [0.2, 0.25) is 0 Å². The Morgan fingerprint density at radius 3 is 0.758 bits per heavy atom. The van der Waals surface area contributed by atoms with Crippen LogP contribution in [-0.2, 0) is 33.0 Å². The zero-order valence-electron chi connectivity index (χ0n) is 34.3. The summed E-state index contributed by atoms with van der Waals surface area (Å²) in [5.74, 6) is 0.600. The number of halogens is 6. The van der Waals surface area contributed by atoms with Crippen molar-refractivity contribution in [2.75, 3.05) is 52.6 Å². The molecule has 0 radical (unpaired) electrons. The number of hydrogen-bond acceptors (Lipinski definition) is 12. The zero-order chi connectivity index (χ0) is 44.0. The average molecular weight is 989 g/mol. The van der Waals surface area contributed by atoms with Gasteiger partial charge >= 0.3 is 66.0 Å². The summed E-state index contributed by atoms with van der Waals surface area (Å²) in [6, 6.07) is 20.4. The molecule has 0 aliphatic carbocycles. The van der Waals surface area contributed by atoms with E-state index < -0.39 is 7.81 Å². The number of ether oxygens (including phenoxy) is 4. The predicted octanol–water partition coefficient (Wildman–Crippen LogP) is 8.09. The Hall–Kier alpha value is -5.08. The molecule has 0 aromatic heterocycles. The Kier molecular flexibility index (Phi) is 26.4. The first kappa shape index (κ1) is 59.0. The van der Waals surface area contributed by atoms with Crippen molar-refractivity contribution in [3.63, 3.8) is 0 Å². The van der Waals surface area contributed by atoms with E-state index in [1.54, 1.807) is 72.8 Å². The first-order valence-electron chi connectivity index (χ1n) is 18.1. The van der Waals surface area contributed by atoms with E-state index in [-0.39, 0.29) is 62.1 Å². The minimum atomic E-state index is -10.7. The molecular formula is C40H48F6N5Ni2O8P. The summed E-state index contributed by atoms with van der Waals surface area (Å²) in [6.07, 6.45) is 6.09. The molecule has 348 valence electrons. The van der Waals surface area contributed by atoms with Gasteiger partial charge in [-0.3, -0.25) is 20.0 Å². The molecule has 0 unspecified atom stereocenters. The quantitative estimate of drug-likeness (QED) is 0.0337. The maximum Gasteiger partial charge on any atom is 2.00 e. The molecule has 0 saturated heterocycles. The largest absolute Gasteiger partial charge is 2.00 e. The van der Waals surface area contributed by atoms with E-state index in [0.29, 0.717) is 97.9 Å². The fourth-order valence-corrected chi connectivity index (χ4v) is 4.50. The van der Waals surface area contributed by atoms with E-state index in [1.807, 2.05) is 27.7 Å². The summed E-state index contributed by atoms with van der Waals surface area (Å²) in [4.78, 5) is 16.8. The third-order valence-corrected chi connectivity index (χ3v) is 6.87. The minimum absolute atomic E-state index is 0. The number of quaternary nitrogens is 1. The summed E-state index contributed by atoms with van der Waals surface area (Å²) in [7, 11) is -10.7. The fourth-order valence-electron chi connectivity index (χ4n) is 4.50. The van der Waals surface area contributed by atoms with Gasteiger partial charge in [0.1, 0.15) is 23.0 Å². The number of hydrogen-bond donors (Lipinski definition) is 1. The van der Waals surface area contributed by atoms with Crippen molar-refractivity contribution >= 4 is 32.7 Å². The molecular weight excluding hydrogens is 941 g/mol. The van der Waals surface area contributed by atoms with Crippen molar-refractivity contribution < 1.29 is 97.5 Å². The Labute approximate surface area is 376 Å². The van der Waals surface area contributed by atoms with Crippen LogP contribution in [0.15, 0.2) is 92.8 Å². The molecule has 13 nitrogen and oxygen atoms in total. The van der Waals surface area contributed by atoms with Crippen LogP contribution in [0.1, 0.15) is 49.9 Å². The molecule has 62 heavy (non-hydrogen) atoms. The maximum atomic E-state index is 12.1. The average Bonchev–Trinajstić information content (AvgIpc) is 3.16. The molecule has 4 aromatic carbocycles. The summed E-state index contributed by atoms with van der Waals surface area (Å²) >= 11 is 0. The van der Waals surface area contributed by atoms with Crippen molar-refractivity contribution in [1.29, 1.82) is 0 Å². The number of benzene rings is 4. The van der Waals surface area contributed by atoms with Gasteiger partial charge in [-0.15, -0.1) is 0 Å². The van der Waals surface area contributed by atoms with Crippen molar-refractivity contribution in [1.82, 2.24) is 6.15 Å². The van der Waals surface area contributed by atoms with Crippen LogP contribution in [0.4, 0.5) is 25.2 Å². The normalized spacial score (nSPS) is 12.1. The summed E-state index contributed by atoms with van der Waals surface area (Å²) in [5, 5.41) is 48.4. The molecule has 0 heterocycles. The third-order valence-electron chi connectivity index (χ3n) is 6.87. The van der Waals surface area contributed by atoms with Gasteiger partial charge in [-0.25, -0.2) is 0 Å². The molecule has 4 aromatic rings. The second kappa shape index (κ2) is 27.8. The van der Waals surface area contributed by atoms with E-state index in [1.165, 1.54) is 24.9 Å². The Bertz CT molecular complexity index is 1790. The molecule has 0 aliphatic rings. The third kappa shape index (κ3) is 24.4. The summed E-state index contributed by atoms with van der Waals surface area (Å²) in [6.45, 7) is 10.7. The number of nitrogens with zero attached hydrogens (tertiary/aromatic N) is 4. The van der Waals surface area contributed by atoms with Crippen molar-refractivity contribution in [3.05, 3.63) is 95.1 Å². The van der Waals surface area contributed by atoms with Crippen LogP contribution in [0.25, 0.3) is 0 Å². The fraction of sp³-hybridized carbons (Fsp3) is 0.300. The van der Waals surface area contributed by atoms with E-state index in [9.17, 15) is 45.6 Å². The van der Waals surface area contributed by atoms with Crippen LogP contribution in [0, 0.1) is 0 Å². The Balaban J connectivity index is 0. The van der Waals surface area contributed by atoms with Crippen molar-refractivity contribution in [3.8, 4) is 46.0 Å². The molecule has 0 atom stereocenters. The maximum absolute atomic E-state index is 12.1. The minimum Gasteiger partial charge on any atom is -0.369 e. The van der Waals surface area contributed by atoms with Crippen LogP contribution < -0.4 is 45.5 Å². The van der Waals surface area contributed by atoms with Gasteiger partial charge in [-0.05, 0) is 74.2 Å². The van der Waals surface area contributed by atoms with Crippen LogP contribution in [0.5, 0.6) is 46.0 Å². The topological polar surface area (TPSA) is 215 Å². The van der Waals surface area contributed by atoms with E-state index in [4.69, 9.17) is 18.9 Å². The molecule has 4 N–H and O–H groups in total. The second-order valence-corrected chi connectivity index (χ2v) is 13.4. The zero-order valence-corrected chi connectivity index (χ0v) is 37.2. The predicted molar refractivity (Wildman–Crippen MR) is 218 cm³/mol. The smallest absolute Gasteiger partial charge is 0.369 e. The van der Waals surface area contributed by atoms with Gasteiger partial charge in [0, 0.05) is 24.9 Å². The van der Waals surface area contributed by atoms with E-state index in [2.05, 4.69) is 20.0 Å². The SMILES string of the molecule is CCOc1cccc(C=NCCN=Cc2cccc(OCC)c2[O-])c1[O-].CCOc1cccc(C=NCCN=Cc2cccc(OCC)c2[O-])c1[O-].F[P-](F)(F)(F)(F)F.[NH4+].[Ni+2].[Ni+2]. The van der Waals surface area contributed by atoms with E-state index >= 15 is 0 Å². The van der Waals surface area contributed by atoms with Gasteiger partial charge in [0.2, 0.25) is 0 Å². The van der Waals surface area contributed by atoms with Crippen LogP contribution in [0.3, 0.4) is 0 Å². The molecule has 0 aliphatic heterocycles. The summed E-state index contributed by atoms with van der Waals surface area (Å²) < 4.78 is 80.3. The molecule has 0 spiro atoms. The molecule has 0 saturated carbocycles. The van der Waals surface area contributed by atoms with Gasteiger partial charge < -0.3 is 45.5 Å². The molecule has 4 rings (SSSR count). The second-order valence-electron chi connectivity index (χ2n) is 11.5. The van der Waals surface area contributed by atoms with Crippen molar-refractivity contribution in [2.45, 2.75) is 27.7 Å². The molecule has 0 amide bonds. The van der Waals surface area contributed by atoms with Gasteiger partial charge in [0.25, 0.3) is 0 Å². The standard InChI is InChI=1S/2C20H24N2O4.F6P.H3N.2Ni/c2*1-3-25-17-9-5-7-15(19(17)23)13-21-11-12-22-14-16-8-6-10-18(20(16)24)26-4-2;1-7(2,3,4,5)6;;;/h2*5-10,13-14,23-24H,3-4,11-12H2,1-2H3;;1H3;;/q;;-1;;2*+2/p-3. The summed E-state index contributed by atoms with van der Waals surface area (Å²) in [5.41, 5.74) is 1.91. The number of rotatable bonds is 18. The molecule has 0 fully saturated rings. The van der Waals surface area contributed by atoms with Crippen LogP contribution >= 0.6 is 7.81 Å². The van der Waals surface area contributed by atoms with Gasteiger partial charge in [0.15, 0.2) is 0 Å². The first-order chi connectivity index (χ1) is 27.8. The van der Waals surface area contributed by atoms with E-state index in [0.717, 1.165) is 0 Å². The van der Waals surface area contributed by atoms with Crippen LogP contribution in [-0.4, -0.2) is 77.5 Å². The van der Waals surface area contributed by atoms with Gasteiger partial charge in [0.05, 0.1) is 52.6 Å². The first-order valence-corrected chi connectivity index (χ1v) is 20.1. The molecule has 0 bridgehead atoms. The Morgan fingerprint density at radius 2 is 0.597 bits per heavy atom. The number of para-hydroxylation sites is 4.